The molecule has 0 spiro atoms. The number of nitrogens with zero attached hydrogens (tertiary/aromatic N) is 2. The summed E-state index contributed by atoms with van der Waals surface area (Å²) < 4.78 is 11.2. The number of hydrogen-bond acceptors (Lipinski definition) is 6. The molecule has 0 saturated carbocycles. The average Bonchev–Trinajstić information content (AvgIpc) is 2.70. The van der Waals surface area contributed by atoms with Crippen molar-refractivity contribution < 1.29 is 19.2 Å². The van der Waals surface area contributed by atoms with E-state index in [1.807, 2.05) is 44.2 Å². The van der Waals surface area contributed by atoms with Crippen LogP contribution in [0.4, 0.5) is 5.69 Å². The zero-order valence-corrected chi connectivity index (χ0v) is 16.1. The molecule has 7 heteroatoms. The molecular formula is C21H24N2O5. The first-order valence-electron chi connectivity index (χ1n) is 9.19. The number of hydrogen-bond donors (Lipinski definition) is 0. The molecule has 1 heterocycles. The molecule has 148 valence electrons. The van der Waals surface area contributed by atoms with Crippen molar-refractivity contribution in [3.8, 4) is 0 Å². The Bertz CT molecular complexity index is 824. The normalized spacial score (nSPS) is 25.2. The molecule has 1 fully saturated rings. The van der Waals surface area contributed by atoms with E-state index in [9.17, 15) is 14.9 Å². The fourth-order valence-corrected chi connectivity index (χ4v) is 3.75. The summed E-state index contributed by atoms with van der Waals surface area (Å²) in [5.41, 5.74) is 1.93. The van der Waals surface area contributed by atoms with Crippen LogP contribution in [0.2, 0.25) is 0 Å². The van der Waals surface area contributed by atoms with Gasteiger partial charge in [-0.15, -0.1) is 0 Å². The number of nitro groups is 1. The van der Waals surface area contributed by atoms with Gasteiger partial charge in [0.15, 0.2) is 0 Å². The second kappa shape index (κ2) is 8.50. The van der Waals surface area contributed by atoms with E-state index in [0.717, 1.165) is 11.1 Å². The van der Waals surface area contributed by atoms with E-state index >= 15 is 0 Å². The van der Waals surface area contributed by atoms with E-state index in [4.69, 9.17) is 9.47 Å². The van der Waals surface area contributed by atoms with Crippen molar-refractivity contribution in [1.29, 1.82) is 0 Å². The van der Waals surface area contributed by atoms with Crippen molar-refractivity contribution in [1.82, 2.24) is 4.90 Å². The van der Waals surface area contributed by atoms with Crippen LogP contribution in [0.1, 0.15) is 31.2 Å². The molecule has 0 bridgehead atoms. The maximum Gasteiger partial charge on any atom is 0.312 e. The molecule has 2 aromatic carbocycles. The van der Waals surface area contributed by atoms with Gasteiger partial charge in [0.05, 0.1) is 24.1 Å². The summed E-state index contributed by atoms with van der Waals surface area (Å²) in [7, 11) is 1.38. The Morgan fingerprint density at radius 3 is 2.36 bits per heavy atom. The van der Waals surface area contributed by atoms with Crippen LogP contribution in [0.5, 0.6) is 0 Å². The Balaban J connectivity index is 1.95. The predicted octanol–water partition coefficient (Wildman–Crippen LogP) is 3.69. The zero-order chi connectivity index (χ0) is 20.3. The lowest BCUT2D eigenvalue weighted by molar-refractivity contribution is -0.384. The van der Waals surface area contributed by atoms with Crippen molar-refractivity contribution in [2.75, 3.05) is 7.11 Å². The quantitative estimate of drug-likeness (QED) is 0.444. The lowest BCUT2D eigenvalue weighted by atomic mass is 9.90. The minimum Gasteiger partial charge on any atom is -0.469 e. The maximum atomic E-state index is 12.3. The average molecular weight is 384 g/mol. The molecule has 1 aliphatic rings. The summed E-state index contributed by atoms with van der Waals surface area (Å²) in [6.07, 6.45) is -0.776. The smallest absolute Gasteiger partial charge is 0.312 e. The molecule has 1 saturated heterocycles. The number of esters is 1. The lowest BCUT2D eigenvalue weighted by Crippen LogP contribution is -2.54. The van der Waals surface area contributed by atoms with E-state index in [1.165, 1.54) is 19.2 Å². The van der Waals surface area contributed by atoms with E-state index in [2.05, 4.69) is 4.90 Å². The van der Waals surface area contributed by atoms with Crippen LogP contribution in [0.15, 0.2) is 54.6 Å². The Morgan fingerprint density at radius 1 is 1.14 bits per heavy atom. The third-order valence-electron chi connectivity index (χ3n) is 5.26. The summed E-state index contributed by atoms with van der Waals surface area (Å²) in [6.45, 7) is 4.42. The minimum absolute atomic E-state index is 0.0303. The first-order chi connectivity index (χ1) is 13.4. The molecule has 7 nitrogen and oxygen atoms in total. The third-order valence-corrected chi connectivity index (χ3v) is 5.26. The number of carbonyl (C=O) groups is 1. The zero-order valence-electron chi connectivity index (χ0n) is 16.1. The molecule has 1 unspecified atom stereocenters. The van der Waals surface area contributed by atoms with Gasteiger partial charge in [-0.25, -0.2) is 0 Å². The van der Waals surface area contributed by atoms with Crippen molar-refractivity contribution in [3.63, 3.8) is 0 Å². The van der Waals surface area contributed by atoms with Gasteiger partial charge in [-0.1, -0.05) is 30.3 Å². The summed E-state index contributed by atoms with van der Waals surface area (Å²) in [5, 5.41) is 11.0. The first-order valence-corrected chi connectivity index (χ1v) is 9.19. The highest BCUT2D eigenvalue weighted by molar-refractivity contribution is 5.74. The number of methoxy groups -OCH3 is 1. The highest BCUT2D eigenvalue weighted by atomic mass is 16.6. The van der Waals surface area contributed by atoms with Crippen LogP contribution in [0.3, 0.4) is 0 Å². The highest BCUT2D eigenvalue weighted by Crippen LogP contribution is 2.38. The molecule has 0 aromatic heterocycles. The predicted molar refractivity (Wildman–Crippen MR) is 103 cm³/mol. The van der Waals surface area contributed by atoms with Gasteiger partial charge in [0.2, 0.25) is 0 Å². The van der Waals surface area contributed by atoms with Gasteiger partial charge < -0.3 is 9.47 Å². The van der Waals surface area contributed by atoms with Crippen molar-refractivity contribution >= 4 is 11.7 Å². The van der Waals surface area contributed by atoms with E-state index in [1.54, 1.807) is 12.1 Å². The molecule has 0 N–H and O–H groups in total. The van der Waals surface area contributed by atoms with Crippen molar-refractivity contribution in [2.45, 2.75) is 38.8 Å². The van der Waals surface area contributed by atoms with E-state index in [-0.39, 0.29) is 23.8 Å². The van der Waals surface area contributed by atoms with Gasteiger partial charge in [-0.2, -0.15) is 0 Å². The summed E-state index contributed by atoms with van der Waals surface area (Å²) >= 11 is 0. The Hall–Kier alpha value is -2.77. The van der Waals surface area contributed by atoms with Crippen LogP contribution >= 0.6 is 0 Å². The molecule has 0 amide bonds. The monoisotopic (exact) mass is 384 g/mol. The summed E-state index contributed by atoms with van der Waals surface area (Å²) in [6, 6.07) is 16.1. The number of ether oxygens (including phenoxy) is 2. The minimum atomic E-state index is -0.428. The van der Waals surface area contributed by atoms with Crippen LogP contribution in [0, 0.1) is 16.0 Å². The standard InChI is InChI=1S/C21H24N2O5/c1-14-19(21(24)27-3)15(2)28-20(17-9-11-18(12-10-17)23(25)26)22(14)13-16-7-5-4-6-8-16/h4-12,14-15,19-20H,13H2,1-3H3/t14-,15-,19+,20?/m1/s1. The Labute approximate surface area is 164 Å². The second-order valence-electron chi connectivity index (χ2n) is 6.99. The number of rotatable bonds is 5. The van der Waals surface area contributed by atoms with Crippen LogP contribution in [-0.2, 0) is 20.8 Å². The summed E-state index contributed by atoms with van der Waals surface area (Å²) in [5.74, 6) is -0.733. The van der Waals surface area contributed by atoms with Gasteiger partial charge in [0.25, 0.3) is 5.69 Å². The van der Waals surface area contributed by atoms with Crippen LogP contribution in [0.25, 0.3) is 0 Å². The molecule has 0 radical (unpaired) electrons. The molecular weight excluding hydrogens is 360 g/mol. The number of carbonyl (C=O) groups excluding carboxylic acids is 1. The molecule has 0 aliphatic carbocycles. The number of non-ortho nitro benzene ring substituents is 1. The van der Waals surface area contributed by atoms with Gasteiger partial charge in [-0.3, -0.25) is 19.8 Å². The molecule has 4 atom stereocenters. The van der Waals surface area contributed by atoms with Gasteiger partial charge >= 0.3 is 5.97 Å². The molecule has 28 heavy (non-hydrogen) atoms. The Kier molecular flexibility index (Phi) is 6.06. The van der Waals surface area contributed by atoms with Gasteiger partial charge in [0.1, 0.15) is 6.23 Å². The van der Waals surface area contributed by atoms with Gasteiger partial charge in [0, 0.05) is 24.7 Å². The van der Waals surface area contributed by atoms with Crippen LogP contribution < -0.4 is 0 Å². The van der Waals surface area contributed by atoms with Gasteiger partial charge in [-0.05, 0) is 37.1 Å². The van der Waals surface area contributed by atoms with E-state index in [0.29, 0.717) is 6.54 Å². The SMILES string of the molecule is COC(=O)[C@H]1[C@@H](C)N(Cc2ccccc2)C(c2ccc([N+](=O)[O-])cc2)O[C@@H]1C. The van der Waals surface area contributed by atoms with Crippen LogP contribution in [-0.4, -0.2) is 35.0 Å². The third kappa shape index (κ3) is 4.05. The Morgan fingerprint density at radius 2 is 1.79 bits per heavy atom. The fourth-order valence-electron chi connectivity index (χ4n) is 3.75. The number of benzene rings is 2. The first kappa shape index (κ1) is 20.0. The maximum absolute atomic E-state index is 12.3. The number of nitro benzene ring substituents is 1. The lowest BCUT2D eigenvalue weighted by Gasteiger charge is -2.47. The topological polar surface area (TPSA) is 81.9 Å². The fraction of sp³-hybridized carbons (Fsp3) is 0.381. The summed E-state index contributed by atoms with van der Waals surface area (Å²) in [4.78, 5) is 25.0. The van der Waals surface area contributed by atoms with Crippen molar-refractivity contribution in [2.24, 2.45) is 5.92 Å². The molecule has 3 rings (SSSR count). The highest BCUT2D eigenvalue weighted by Gasteiger charge is 2.44. The second-order valence-corrected chi connectivity index (χ2v) is 6.99. The van der Waals surface area contributed by atoms with Crippen molar-refractivity contribution in [3.05, 3.63) is 75.8 Å². The molecule has 1 aliphatic heterocycles. The largest absolute Gasteiger partial charge is 0.469 e. The molecule has 2 aromatic rings. The van der Waals surface area contributed by atoms with E-state index < -0.39 is 17.1 Å².